The van der Waals surface area contributed by atoms with E-state index in [4.69, 9.17) is 9.47 Å². The second kappa shape index (κ2) is 5.09. The Morgan fingerprint density at radius 2 is 2.35 bits per heavy atom. The highest BCUT2D eigenvalue weighted by molar-refractivity contribution is 5.46. The Hall–Kier alpha value is -1.69. The smallest absolute Gasteiger partial charge is 0.311 e. The third-order valence-corrected chi connectivity index (χ3v) is 2.53. The Morgan fingerprint density at radius 3 is 3.00 bits per heavy atom. The molecule has 0 amide bonds. The first-order valence-electron chi connectivity index (χ1n) is 5.35. The summed E-state index contributed by atoms with van der Waals surface area (Å²) in [4.78, 5) is 10.2. The quantitative estimate of drug-likeness (QED) is 0.601. The van der Waals surface area contributed by atoms with Gasteiger partial charge in [0.1, 0.15) is 11.9 Å². The van der Waals surface area contributed by atoms with Gasteiger partial charge in [-0.05, 0) is 18.9 Å². The van der Waals surface area contributed by atoms with Gasteiger partial charge in [-0.25, -0.2) is 4.39 Å². The lowest BCUT2D eigenvalue weighted by molar-refractivity contribution is -0.386. The van der Waals surface area contributed by atoms with Crippen LogP contribution in [-0.2, 0) is 4.74 Å². The molecule has 17 heavy (non-hydrogen) atoms. The van der Waals surface area contributed by atoms with Crippen molar-refractivity contribution in [2.75, 3.05) is 13.2 Å². The fourth-order valence-corrected chi connectivity index (χ4v) is 1.72. The van der Waals surface area contributed by atoms with E-state index >= 15 is 0 Å². The van der Waals surface area contributed by atoms with Crippen LogP contribution in [-0.4, -0.2) is 24.2 Å². The maximum absolute atomic E-state index is 13.0. The highest BCUT2D eigenvalue weighted by Crippen LogP contribution is 2.29. The summed E-state index contributed by atoms with van der Waals surface area (Å²) in [6, 6.07) is 3.18. The molecule has 6 heteroatoms. The zero-order valence-electron chi connectivity index (χ0n) is 9.10. The van der Waals surface area contributed by atoms with Gasteiger partial charge < -0.3 is 9.47 Å². The molecule has 0 spiro atoms. The van der Waals surface area contributed by atoms with Crippen molar-refractivity contribution >= 4 is 5.69 Å². The Morgan fingerprint density at radius 1 is 1.53 bits per heavy atom. The standard InChI is InChI=1S/C11H12FNO4/c12-8-3-4-10(13(14)15)11(6-8)17-9-2-1-5-16-7-9/h3-4,6,9H,1-2,5,7H2/t9-/m1/s1. The first-order valence-corrected chi connectivity index (χ1v) is 5.35. The zero-order valence-corrected chi connectivity index (χ0v) is 9.10. The van der Waals surface area contributed by atoms with Crippen LogP contribution in [0.4, 0.5) is 10.1 Å². The first kappa shape index (κ1) is 11.8. The van der Waals surface area contributed by atoms with Crippen LogP contribution >= 0.6 is 0 Å². The van der Waals surface area contributed by atoms with Gasteiger partial charge in [-0.2, -0.15) is 0 Å². The van der Waals surface area contributed by atoms with Crippen molar-refractivity contribution < 1.29 is 18.8 Å². The summed E-state index contributed by atoms with van der Waals surface area (Å²) in [7, 11) is 0. The van der Waals surface area contributed by atoms with Gasteiger partial charge in [0.15, 0.2) is 5.75 Å². The van der Waals surface area contributed by atoms with Gasteiger partial charge in [0.25, 0.3) is 0 Å². The molecule has 0 unspecified atom stereocenters. The van der Waals surface area contributed by atoms with Gasteiger partial charge in [-0.15, -0.1) is 0 Å². The summed E-state index contributed by atoms with van der Waals surface area (Å²) < 4.78 is 23.6. The molecule has 1 saturated heterocycles. The molecule has 2 rings (SSSR count). The first-order chi connectivity index (χ1) is 8.16. The number of hydrogen-bond donors (Lipinski definition) is 0. The number of halogens is 1. The van der Waals surface area contributed by atoms with E-state index in [0.29, 0.717) is 13.2 Å². The largest absolute Gasteiger partial charge is 0.481 e. The molecule has 0 aliphatic carbocycles. The molecule has 1 aliphatic heterocycles. The SMILES string of the molecule is O=[N+]([O-])c1ccc(F)cc1O[C@@H]1CCCOC1. The molecule has 0 saturated carbocycles. The van der Waals surface area contributed by atoms with E-state index in [9.17, 15) is 14.5 Å². The highest BCUT2D eigenvalue weighted by atomic mass is 19.1. The Bertz CT molecular complexity index is 418. The van der Waals surface area contributed by atoms with E-state index in [1.807, 2.05) is 0 Å². The average Bonchev–Trinajstić information content (AvgIpc) is 2.30. The predicted molar refractivity (Wildman–Crippen MR) is 57.5 cm³/mol. The predicted octanol–water partition coefficient (Wildman–Crippen LogP) is 2.29. The minimum Gasteiger partial charge on any atom is -0.481 e. The van der Waals surface area contributed by atoms with Crippen molar-refractivity contribution in [3.05, 3.63) is 34.1 Å². The third kappa shape index (κ3) is 2.91. The van der Waals surface area contributed by atoms with E-state index in [1.165, 1.54) is 0 Å². The zero-order chi connectivity index (χ0) is 12.3. The van der Waals surface area contributed by atoms with Crippen molar-refractivity contribution in [2.24, 2.45) is 0 Å². The molecular weight excluding hydrogens is 229 g/mol. The number of benzene rings is 1. The lowest BCUT2D eigenvalue weighted by atomic mass is 10.2. The van der Waals surface area contributed by atoms with Crippen LogP contribution in [0.25, 0.3) is 0 Å². The van der Waals surface area contributed by atoms with Gasteiger partial charge in [0, 0.05) is 18.7 Å². The van der Waals surface area contributed by atoms with Crippen molar-refractivity contribution in [1.82, 2.24) is 0 Å². The van der Waals surface area contributed by atoms with Gasteiger partial charge in [0.2, 0.25) is 0 Å². The van der Waals surface area contributed by atoms with Crippen LogP contribution in [0.5, 0.6) is 5.75 Å². The van der Waals surface area contributed by atoms with Crippen LogP contribution in [0.3, 0.4) is 0 Å². The fourth-order valence-electron chi connectivity index (χ4n) is 1.72. The lowest BCUT2D eigenvalue weighted by Gasteiger charge is -2.23. The average molecular weight is 241 g/mol. The molecule has 92 valence electrons. The van der Waals surface area contributed by atoms with E-state index < -0.39 is 10.7 Å². The molecule has 5 nitrogen and oxygen atoms in total. The van der Waals surface area contributed by atoms with Crippen LogP contribution in [0, 0.1) is 15.9 Å². The number of rotatable bonds is 3. The topological polar surface area (TPSA) is 61.6 Å². The molecule has 1 aromatic rings. The number of hydrogen-bond acceptors (Lipinski definition) is 4. The summed E-state index contributed by atoms with van der Waals surface area (Å²) in [6.45, 7) is 1.05. The molecule has 0 N–H and O–H groups in total. The van der Waals surface area contributed by atoms with Crippen LogP contribution in [0.1, 0.15) is 12.8 Å². The number of ether oxygens (including phenoxy) is 2. The van der Waals surface area contributed by atoms with E-state index in [-0.39, 0.29) is 17.5 Å². The molecule has 0 bridgehead atoms. The Balaban J connectivity index is 2.17. The van der Waals surface area contributed by atoms with Crippen LogP contribution < -0.4 is 4.74 Å². The van der Waals surface area contributed by atoms with E-state index in [2.05, 4.69) is 0 Å². The maximum atomic E-state index is 13.0. The monoisotopic (exact) mass is 241 g/mol. The molecule has 1 aliphatic rings. The maximum Gasteiger partial charge on any atom is 0.311 e. The van der Waals surface area contributed by atoms with Crippen molar-refractivity contribution in [1.29, 1.82) is 0 Å². The summed E-state index contributed by atoms with van der Waals surface area (Å²) in [5, 5.41) is 10.7. The number of nitro benzene ring substituents is 1. The van der Waals surface area contributed by atoms with Crippen LogP contribution in [0.2, 0.25) is 0 Å². The molecule has 1 aromatic carbocycles. The second-order valence-electron chi connectivity index (χ2n) is 3.83. The summed E-state index contributed by atoms with van der Waals surface area (Å²) >= 11 is 0. The molecule has 1 atom stereocenters. The normalized spacial score (nSPS) is 19.9. The highest BCUT2D eigenvalue weighted by Gasteiger charge is 2.21. The number of nitrogens with zero attached hydrogens (tertiary/aromatic N) is 1. The van der Waals surface area contributed by atoms with Crippen molar-refractivity contribution in [2.45, 2.75) is 18.9 Å². The van der Waals surface area contributed by atoms with Crippen LogP contribution in [0.15, 0.2) is 18.2 Å². The lowest BCUT2D eigenvalue weighted by Crippen LogP contribution is -2.28. The second-order valence-corrected chi connectivity index (χ2v) is 3.83. The van der Waals surface area contributed by atoms with Gasteiger partial charge >= 0.3 is 5.69 Å². The van der Waals surface area contributed by atoms with Gasteiger partial charge in [-0.1, -0.05) is 0 Å². The van der Waals surface area contributed by atoms with Gasteiger partial charge in [0.05, 0.1) is 11.5 Å². The third-order valence-electron chi connectivity index (χ3n) is 2.53. The molecular formula is C11H12FNO4. The summed E-state index contributed by atoms with van der Waals surface area (Å²) in [6.07, 6.45) is 1.35. The fraction of sp³-hybridized carbons (Fsp3) is 0.455. The van der Waals surface area contributed by atoms with E-state index in [0.717, 1.165) is 31.0 Å². The molecule has 0 radical (unpaired) electrons. The minimum atomic E-state index is -0.585. The number of nitro groups is 1. The van der Waals surface area contributed by atoms with Crippen molar-refractivity contribution in [3.8, 4) is 5.75 Å². The summed E-state index contributed by atoms with van der Waals surface area (Å²) in [5.74, 6) is -0.590. The van der Waals surface area contributed by atoms with Gasteiger partial charge in [-0.3, -0.25) is 10.1 Å². The van der Waals surface area contributed by atoms with Crippen molar-refractivity contribution in [3.63, 3.8) is 0 Å². The van der Waals surface area contributed by atoms with E-state index in [1.54, 1.807) is 0 Å². The molecule has 0 aromatic heterocycles. The minimum absolute atomic E-state index is 0.0366. The Labute approximate surface area is 97.3 Å². The Kier molecular flexibility index (Phi) is 3.53. The summed E-state index contributed by atoms with van der Waals surface area (Å²) in [5.41, 5.74) is -0.225. The molecule has 1 fully saturated rings. The molecule has 1 heterocycles.